The summed E-state index contributed by atoms with van der Waals surface area (Å²) >= 11 is 0. The summed E-state index contributed by atoms with van der Waals surface area (Å²) in [6.45, 7) is 1.96. The van der Waals surface area contributed by atoms with Crippen LogP contribution in [0.5, 0.6) is 0 Å². The second kappa shape index (κ2) is 5.42. The molecule has 94 valence electrons. The monoisotopic (exact) mass is 247 g/mol. The highest BCUT2D eigenvalue weighted by molar-refractivity contribution is 5.84. The lowest BCUT2D eigenvalue weighted by Gasteiger charge is -2.05. The van der Waals surface area contributed by atoms with Gasteiger partial charge in [0.1, 0.15) is 6.04 Å². The van der Waals surface area contributed by atoms with Crippen LogP contribution in [0.2, 0.25) is 0 Å². The highest BCUT2D eigenvalue weighted by Gasteiger charge is 2.20. The van der Waals surface area contributed by atoms with E-state index in [1.54, 1.807) is 6.92 Å². The molecule has 1 heterocycles. The Morgan fingerprint density at radius 1 is 1.44 bits per heavy atom. The molecule has 0 fully saturated rings. The van der Waals surface area contributed by atoms with Gasteiger partial charge in [-0.2, -0.15) is 4.98 Å². The topological polar surface area (TPSA) is 91.2 Å². The number of ether oxygens (including phenoxy) is 1. The summed E-state index contributed by atoms with van der Waals surface area (Å²) in [5.74, 6) is -0.546. The number of rotatable bonds is 4. The summed E-state index contributed by atoms with van der Waals surface area (Å²) in [4.78, 5) is 15.3. The predicted octanol–water partition coefficient (Wildman–Crippen LogP) is 1.29. The molecule has 1 unspecified atom stereocenters. The zero-order valence-electron chi connectivity index (χ0n) is 9.87. The SMILES string of the molecule is CCOC(=O)c1noc(C(N)c2ccccc2)n1. The Labute approximate surface area is 104 Å². The van der Waals surface area contributed by atoms with E-state index in [9.17, 15) is 4.79 Å². The number of hydrogen-bond acceptors (Lipinski definition) is 6. The highest BCUT2D eigenvalue weighted by atomic mass is 16.5. The van der Waals surface area contributed by atoms with E-state index < -0.39 is 12.0 Å². The first-order valence-corrected chi connectivity index (χ1v) is 5.53. The molecule has 2 rings (SSSR count). The quantitative estimate of drug-likeness (QED) is 0.818. The fourth-order valence-corrected chi connectivity index (χ4v) is 1.44. The summed E-state index contributed by atoms with van der Waals surface area (Å²) in [6.07, 6.45) is 0. The minimum Gasteiger partial charge on any atom is -0.460 e. The Kier molecular flexibility index (Phi) is 3.69. The molecule has 0 bridgehead atoms. The summed E-state index contributed by atoms with van der Waals surface area (Å²) in [5.41, 5.74) is 6.79. The van der Waals surface area contributed by atoms with Gasteiger partial charge in [-0.1, -0.05) is 30.3 Å². The maximum atomic E-state index is 11.4. The molecule has 2 aromatic rings. The lowest BCUT2D eigenvalue weighted by atomic mass is 10.1. The number of carbonyl (C=O) groups excluding carboxylic acids is 1. The van der Waals surface area contributed by atoms with Crippen LogP contribution in [0.1, 0.15) is 35.0 Å². The van der Waals surface area contributed by atoms with Crippen molar-refractivity contribution in [2.75, 3.05) is 6.61 Å². The van der Waals surface area contributed by atoms with E-state index in [1.807, 2.05) is 30.3 Å². The Morgan fingerprint density at radius 2 is 2.17 bits per heavy atom. The van der Waals surface area contributed by atoms with Crippen molar-refractivity contribution in [2.45, 2.75) is 13.0 Å². The summed E-state index contributed by atoms with van der Waals surface area (Å²) in [6, 6.07) is 8.74. The lowest BCUT2D eigenvalue weighted by Crippen LogP contribution is -2.13. The van der Waals surface area contributed by atoms with Crippen molar-refractivity contribution in [3.05, 3.63) is 47.6 Å². The van der Waals surface area contributed by atoms with Gasteiger partial charge in [-0.15, -0.1) is 0 Å². The smallest absolute Gasteiger partial charge is 0.379 e. The van der Waals surface area contributed by atoms with Crippen molar-refractivity contribution in [2.24, 2.45) is 5.73 Å². The van der Waals surface area contributed by atoms with Crippen molar-refractivity contribution in [3.8, 4) is 0 Å². The third-order valence-corrected chi connectivity index (χ3v) is 2.32. The fourth-order valence-electron chi connectivity index (χ4n) is 1.44. The zero-order chi connectivity index (χ0) is 13.0. The summed E-state index contributed by atoms with van der Waals surface area (Å²) in [7, 11) is 0. The third kappa shape index (κ3) is 2.54. The average molecular weight is 247 g/mol. The van der Waals surface area contributed by atoms with E-state index in [-0.39, 0.29) is 18.3 Å². The molecule has 6 nitrogen and oxygen atoms in total. The van der Waals surface area contributed by atoms with Crippen LogP contribution in [0.15, 0.2) is 34.9 Å². The van der Waals surface area contributed by atoms with Crippen LogP contribution in [-0.2, 0) is 4.74 Å². The molecule has 0 radical (unpaired) electrons. The van der Waals surface area contributed by atoms with Crippen molar-refractivity contribution in [1.29, 1.82) is 0 Å². The first-order chi connectivity index (χ1) is 8.72. The first kappa shape index (κ1) is 12.3. The van der Waals surface area contributed by atoms with Crippen molar-refractivity contribution in [3.63, 3.8) is 0 Å². The normalized spacial score (nSPS) is 12.1. The molecule has 6 heteroatoms. The first-order valence-electron chi connectivity index (χ1n) is 5.53. The van der Waals surface area contributed by atoms with Gasteiger partial charge in [-0.3, -0.25) is 0 Å². The van der Waals surface area contributed by atoms with Gasteiger partial charge < -0.3 is 15.0 Å². The van der Waals surface area contributed by atoms with Crippen LogP contribution in [-0.4, -0.2) is 22.7 Å². The zero-order valence-corrected chi connectivity index (χ0v) is 9.87. The van der Waals surface area contributed by atoms with Gasteiger partial charge >= 0.3 is 5.97 Å². The minimum absolute atomic E-state index is 0.113. The van der Waals surface area contributed by atoms with E-state index in [0.717, 1.165) is 5.56 Å². The number of carbonyl (C=O) groups is 1. The highest BCUT2D eigenvalue weighted by Crippen LogP contribution is 2.17. The molecular weight excluding hydrogens is 234 g/mol. The lowest BCUT2D eigenvalue weighted by molar-refractivity contribution is 0.0508. The number of esters is 1. The molecule has 0 aliphatic heterocycles. The number of nitrogens with two attached hydrogens (primary N) is 1. The maximum absolute atomic E-state index is 11.4. The van der Waals surface area contributed by atoms with E-state index in [1.165, 1.54) is 0 Å². The van der Waals surface area contributed by atoms with Crippen LogP contribution in [0.3, 0.4) is 0 Å². The van der Waals surface area contributed by atoms with E-state index in [0.29, 0.717) is 0 Å². The molecule has 1 aromatic heterocycles. The largest absolute Gasteiger partial charge is 0.460 e. The van der Waals surface area contributed by atoms with Crippen LogP contribution in [0.4, 0.5) is 0 Å². The summed E-state index contributed by atoms with van der Waals surface area (Å²) in [5, 5.41) is 3.54. The average Bonchev–Trinajstić information content (AvgIpc) is 2.89. The second-order valence-corrected chi connectivity index (χ2v) is 3.57. The molecule has 0 amide bonds. The van der Waals surface area contributed by atoms with Crippen molar-refractivity contribution >= 4 is 5.97 Å². The van der Waals surface area contributed by atoms with Gasteiger partial charge in [0.05, 0.1) is 6.61 Å². The van der Waals surface area contributed by atoms with Crippen molar-refractivity contribution in [1.82, 2.24) is 10.1 Å². The van der Waals surface area contributed by atoms with Gasteiger partial charge in [0.25, 0.3) is 5.82 Å². The van der Waals surface area contributed by atoms with Crippen LogP contribution in [0.25, 0.3) is 0 Å². The molecule has 0 aliphatic carbocycles. The molecule has 18 heavy (non-hydrogen) atoms. The van der Waals surface area contributed by atoms with Gasteiger partial charge in [-0.05, 0) is 17.6 Å². The molecular formula is C12H13N3O3. The Hall–Kier alpha value is -2.21. The fraction of sp³-hybridized carbons (Fsp3) is 0.250. The Morgan fingerprint density at radius 3 is 2.83 bits per heavy atom. The summed E-state index contributed by atoms with van der Waals surface area (Å²) < 4.78 is 9.72. The van der Waals surface area contributed by atoms with Gasteiger partial charge in [0.2, 0.25) is 5.89 Å². The van der Waals surface area contributed by atoms with E-state index in [4.69, 9.17) is 15.0 Å². The Bertz CT molecular complexity index is 524. The maximum Gasteiger partial charge on any atom is 0.379 e. The van der Waals surface area contributed by atoms with Crippen LogP contribution >= 0.6 is 0 Å². The molecule has 1 atom stereocenters. The number of benzene rings is 1. The van der Waals surface area contributed by atoms with Crippen LogP contribution in [0, 0.1) is 0 Å². The molecule has 0 saturated carbocycles. The molecule has 0 spiro atoms. The molecule has 0 saturated heterocycles. The third-order valence-electron chi connectivity index (χ3n) is 2.32. The van der Waals surface area contributed by atoms with E-state index >= 15 is 0 Å². The number of aromatic nitrogens is 2. The predicted molar refractivity (Wildman–Crippen MR) is 62.7 cm³/mol. The second-order valence-electron chi connectivity index (χ2n) is 3.57. The molecule has 1 aromatic carbocycles. The van der Waals surface area contributed by atoms with Crippen LogP contribution < -0.4 is 5.73 Å². The Balaban J connectivity index is 2.17. The van der Waals surface area contributed by atoms with Gasteiger partial charge in [0, 0.05) is 0 Å². The number of hydrogen-bond donors (Lipinski definition) is 1. The van der Waals surface area contributed by atoms with Gasteiger partial charge in [0.15, 0.2) is 0 Å². The van der Waals surface area contributed by atoms with Crippen molar-refractivity contribution < 1.29 is 14.1 Å². The molecule has 0 aliphatic rings. The number of nitrogens with zero attached hydrogens (tertiary/aromatic N) is 2. The van der Waals surface area contributed by atoms with E-state index in [2.05, 4.69) is 10.1 Å². The molecule has 2 N–H and O–H groups in total. The standard InChI is InChI=1S/C12H13N3O3/c1-2-17-12(16)10-14-11(18-15-10)9(13)8-6-4-3-5-7-8/h3-7,9H,2,13H2,1H3. The minimum atomic E-state index is -0.618. The van der Waals surface area contributed by atoms with Gasteiger partial charge in [-0.25, -0.2) is 4.79 Å².